The van der Waals surface area contributed by atoms with E-state index in [2.05, 4.69) is 15.9 Å². The van der Waals surface area contributed by atoms with Gasteiger partial charge in [-0.2, -0.15) is 0 Å². The van der Waals surface area contributed by atoms with E-state index in [1.165, 1.54) is 0 Å². The van der Waals surface area contributed by atoms with Gasteiger partial charge in [-0.1, -0.05) is 15.9 Å². The number of halogens is 1. The van der Waals surface area contributed by atoms with E-state index in [-0.39, 0.29) is 5.91 Å². The van der Waals surface area contributed by atoms with Crippen molar-refractivity contribution in [1.82, 2.24) is 4.90 Å². The van der Waals surface area contributed by atoms with Gasteiger partial charge in [0, 0.05) is 17.9 Å². The second-order valence-corrected chi connectivity index (χ2v) is 5.50. The van der Waals surface area contributed by atoms with Gasteiger partial charge < -0.3 is 14.4 Å². The topological polar surface area (TPSA) is 38.8 Å². The molecule has 1 amide bonds. The minimum Gasteiger partial charge on any atom is -0.497 e. The normalized spacial score (nSPS) is 18.8. The Morgan fingerprint density at radius 1 is 1.39 bits per heavy atom. The van der Waals surface area contributed by atoms with E-state index in [9.17, 15) is 4.79 Å². The van der Waals surface area contributed by atoms with Gasteiger partial charge in [-0.25, -0.2) is 0 Å². The number of hydrogen-bond acceptors (Lipinski definition) is 3. The van der Waals surface area contributed by atoms with Crippen LogP contribution in [0.2, 0.25) is 0 Å². The van der Waals surface area contributed by atoms with E-state index in [0.29, 0.717) is 21.9 Å². The highest BCUT2D eigenvalue weighted by Gasteiger charge is 2.27. The van der Waals surface area contributed by atoms with E-state index in [4.69, 9.17) is 9.47 Å². The highest BCUT2D eigenvalue weighted by atomic mass is 79.9. The second-order valence-electron chi connectivity index (χ2n) is 4.20. The Labute approximate surface area is 115 Å². The van der Waals surface area contributed by atoms with Crippen molar-refractivity contribution in [2.24, 2.45) is 0 Å². The van der Waals surface area contributed by atoms with Gasteiger partial charge in [0.05, 0.1) is 19.8 Å². The van der Waals surface area contributed by atoms with E-state index >= 15 is 0 Å². The average Bonchev–Trinajstić information content (AvgIpc) is 2.83. The van der Waals surface area contributed by atoms with Crippen LogP contribution < -0.4 is 9.47 Å². The first kappa shape index (κ1) is 13.2. The van der Waals surface area contributed by atoms with Crippen molar-refractivity contribution in [3.05, 3.63) is 23.8 Å². The van der Waals surface area contributed by atoms with Crippen LogP contribution in [0.3, 0.4) is 0 Å². The molecule has 1 aliphatic heterocycles. The molecule has 1 heterocycles. The number of carbonyl (C=O) groups excluding carboxylic acids is 1. The first-order valence-electron chi connectivity index (χ1n) is 5.81. The largest absolute Gasteiger partial charge is 0.497 e. The van der Waals surface area contributed by atoms with Crippen LogP contribution in [0.4, 0.5) is 0 Å². The van der Waals surface area contributed by atoms with Crippen LogP contribution in [0.1, 0.15) is 16.8 Å². The third kappa shape index (κ3) is 2.61. The summed E-state index contributed by atoms with van der Waals surface area (Å²) >= 11 is 3.53. The maximum Gasteiger partial charge on any atom is 0.257 e. The summed E-state index contributed by atoms with van der Waals surface area (Å²) < 4.78 is 10.4. The molecule has 4 nitrogen and oxygen atoms in total. The molecule has 0 radical (unpaired) electrons. The lowest BCUT2D eigenvalue weighted by molar-refractivity contribution is 0.0789. The molecule has 0 spiro atoms. The van der Waals surface area contributed by atoms with Crippen molar-refractivity contribution in [3.63, 3.8) is 0 Å². The van der Waals surface area contributed by atoms with E-state index in [0.717, 1.165) is 19.5 Å². The zero-order valence-corrected chi connectivity index (χ0v) is 12.1. The van der Waals surface area contributed by atoms with Gasteiger partial charge in [-0.3, -0.25) is 4.79 Å². The summed E-state index contributed by atoms with van der Waals surface area (Å²) in [6, 6.07) is 5.27. The monoisotopic (exact) mass is 313 g/mol. The molecule has 2 rings (SSSR count). The molecule has 5 heteroatoms. The number of methoxy groups -OCH3 is 2. The zero-order valence-electron chi connectivity index (χ0n) is 10.5. The Morgan fingerprint density at radius 3 is 2.72 bits per heavy atom. The highest BCUT2D eigenvalue weighted by Crippen LogP contribution is 2.27. The fraction of sp³-hybridized carbons (Fsp3) is 0.462. The van der Waals surface area contributed by atoms with Crippen molar-refractivity contribution >= 4 is 21.8 Å². The van der Waals surface area contributed by atoms with Crippen LogP contribution in [0.15, 0.2) is 18.2 Å². The van der Waals surface area contributed by atoms with E-state index in [1.807, 2.05) is 4.90 Å². The SMILES string of the molecule is COc1ccc(OC)c(C(=O)N2CCC(Br)C2)c1. The van der Waals surface area contributed by atoms with Gasteiger partial charge in [0.25, 0.3) is 5.91 Å². The zero-order chi connectivity index (χ0) is 13.1. The summed E-state index contributed by atoms with van der Waals surface area (Å²) in [5.41, 5.74) is 0.554. The fourth-order valence-corrected chi connectivity index (χ4v) is 2.61. The number of likely N-dealkylation sites (tertiary alicyclic amines) is 1. The van der Waals surface area contributed by atoms with Crippen molar-refractivity contribution in [2.75, 3.05) is 27.3 Å². The Hall–Kier alpha value is -1.23. The van der Waals surface area contributed by atoms with Gasteiger partial charge >= 0.3 is 0 Å². The van der Waals surface area contributed by atoms with Crippen LogP contribution in [0.25, 0.3) is 0 Å². The van der Waals surface area contributed by atoms with Crippen LogP contribution in [-0.2, 0) is 0 Å². The molecule has 0 aliphatic carbocycles. The second kappa shape index (κ2) is 5.61. The molecular formula is C13H16BrNO3. The Morgan fingerprint density at radius 2 is 2.17 bits per heavy atom. The average molecular weight is 314 g/mol. The van der Waals surface area contributed by atoms with Crippen molar-refractivity contribution in [2.45, 2.75) is 11.2 Å². The lowest BCUT2D eigenvalue weighted by Crippen LogP contribution is -2.29. The maximum atomic E-state index is 12.4. The molecule has 1 fully saturated rings. The number of alkyl halides is 1. The molecule has 1 aromatic carbocycles. The Kier molecular flexibility index (Phi) is 4.11. The van der Waals surface area contributed by atoms with E-state index in [1.54, 1.807) is 32.4 Å². The Bertz CT molecular complexity index is 450. The smallest absolute Gasteiger partial charge is 0.257 e. The molecule has 18 heavy (non-hydrogen) atoms. The summed E-state index contributed by atoms with van der Waals surface area (Å²) in [6.45, 7) is 1.51. The van der Waals surface area contributed by atoms with Crippen molar-refractivity contribution in [3.8, 4) is 11.5 Å². The number of rotatable bonds is 3. The molecule has 1 aliphatic rings. The number of benzene rings is 1. The minimum absolute atomic E-state index is 0.00676. The number of nitrogens with zero attached hydrogens (tertiary/aromatic N) is 1. The molecule has 1 atom stereocenters. The van der Waals surface area contributed by atoms with Crippen LogP contribution >= 0.6 is 15.9 Å². The van der Waals surface area contributed by atoms with Gasteiger partial charge in [0.2, 0.25) is 0 Å². The van der Waals surface area contributed by atoms with Gasteiger partial charge in [0.1, 0.15) is 11.5 Å². The lowest BCUT2D eigenvalue weighted by atomic mass is 10.1. The first-order chi connectivity index (χ1) is 8.65. The molecule has 1 aromatic rings. The molecule has 0 saturated carbocycles. The minimum atomic E-state index is -0.00676. The molecule has 1 unspecified atom stereocenters. The van der Waals surface area contributed by atoms with Gasteiger partial charge in [-0.15, -0.1) is 0 Å². The standard InChI is InChI=1S/C13H16BrNO3/c1-17-10-3-4-12(18-2)11(7-10)13(16)15-6-5-9(14)8-15/h3-4,7,9H,5-6,8H2,1-2H3. The Balaban J connectivity index is 2.27. The summed E-state index contributed by atoms with van der Waals surface area (Å²) in [5, 5.41) is 0. The molecule has 0 bridgehead atoms. The van der Waals surface area contributed by atoms with Crippen LogP contribution in [0, 0.1) is 0 Å². The predicted molar refractivity (Wildman–Crippen MR) is 72.8 cm³/mol. The van der Waals surface area contributed by atoms with E-state index < -0.39 is 0 Å². The number of carbonyl (C=O) groups is 1. The lowest BCUT2D eigenvalue weighted by Gasteiger charge is -2.18. The van der Waals surface area contributed by atoms with Crippen LogP contribution in [0.5, 0.6) is 11.5 Å². The maximum absolute atomic E-state index is 12.4. The first-order valence-corrected chi connectivity index (χ1v) is 6.72. The summed E-state index contributed by atoms with van der Waals surface area (Å²) in [5.74, 6) is 1.24. The van der Waals surface area contributed by atoms with Gasteiger partial charge in [0.15, 0.2) is 0 Å². The third-order valence-electron chi connectivity index (χ3n) is 3.06. The summed E-state index contributed by atoms with van der Waals surface area (Å²) in [4.78, 5) is 14.6. The fourth-order valence-electron chi connectivity index (χ4n) is 2.05. The number of amides is 1. The number of ether oxygens (including phenoxy) is 2. The quantitative estimate of drug-likeness (QED) is 0.804. The number of hydrogen-bond donors (Lipinski definition) is 0. The summed E-state index contributed by atoms with van der Waals surface area (Å²) in [7, 11) is 3.15. The van der Waals surface area contributed by atoms with Gasteiger partial charge in [-0.05, 0) is 24.6 Å². The molecule has 0 aromatic heterocycles. The summed E-state index contributed by atoms with van der Waals surface area (Å²) in [6.07, 6.45) is 0.984. The highest BCUT2D eigenvalue weighted by molar-refractivity contribution is 9.09. The van der Waals surface area contributed by atoms with Crippen molar-refractivity contribution in [1.29, 1.82) is 0 Å². The predicted octanol–water partition coefficient (Wildman–Crippen LogP) is 2.31. The molecule has 1 saturated heterocycles. The third-order valence-corrected chi connectivity index (χ3v) is 3.80. The van der Waals surface area contributed by atoms with Crippen LogP contribution in [-0.4, -0.2) is 42.9 Å². The van der Waals surface area contributed by atoms with Crippen molar-refractivity contribution < 1.29 is 14.3 Å². The molecular weight excluding hydrogens is 298 g/mol. The molecule has 98 valence electrons. The molecule has 0 N–H and O–H groups in total.